The van der Waals surface area contributed by atoms with Crippen molar-refractivity contribution in [3.8, 4) is 11.5 Å². The highest BCUT2D eigenvalue weighted by Crippen LogP contribution is 2.36. The number of anilines is 1. The third-order valence-electron chi connectivity index (χ3n) is 5.70. The summed E-state index contributed by atoms with van der Waals surface area (Å²) >= 11 is 1.61. The number of amides is 2. The van der Waals surface area contributed by atoms with Gasteiger partial charge in [-0.15, -0.1) is 11.3 Å². The van der Waals surface area contributed by atoms with E-state index in [1.807, 2.05) is 23.1 Å². The van der Waals surface area contributed by atoms with Gasteiger partial charge in [0.1, 0.15) is 0 Å². The molecule has 2 aliphatic heterocycles. The van der Waals surface area contributed by atoms with Gasteiger partial charge in [-0.2, -0.15) is 0 Å². The van der Waals surface area contributed by atoms with E-state index in [2.05, 4.69) is 5.32 Å². The van der Waals surface area contributed by atoms with Crippen LogP contribution in [0.1, 0.15) is 39.4 Å². The third kappa shape index (κ3) is 3.24. The average molecular weight is 398 g/mol. The van der Waals surface area contributed by atoms with Gasteiger partial charge >= 0.3 is 0 Å². The quantitative estimate of drug-likeness (QED) is 0.860. The van der Waals surface area contributed by atoms with Crippen molar-refractivity contribution in [2.24, 2.45) is 5.92 Å². The van der Waals surface area contributed by atoms with Crippen LogP contribution in [0.4, 0.5) is 5.69 Å². The predicted molar refractivity (Wildman–Crippen MR) is 106 cm³/mol. The maximum atomic E-state index is 12.8. The van der Waals surface area contributed by atoms with Crippen molar-refractivity contribution in [1.82, 2.24) is 4.90 Å². The zero-order valence-electron chi connectivity index (χ0n) is 15.5. The molecule has 0 saturated carbocycles. The molecule has 0 radical (unpaired) electrons. The fourth-order valence-electron chi connectivity index (χ4n) is 4.15. The molecule has 7 heteroatoms. The van der Waals surface area contributed by atoms with Crippen LogP contribution in [0.3, 0.4) is 0 Å². The molecule has 0 unspecified atom stereocenters. The van der Waals surface area contributed by atoms with Crippen LogP contribution in [-0.2, 0) is 17.6 Å². The normalized spacial score (nSPS) is 20.1. The summed E-state index contributed by atoms with van der Waals surface area (Å²) < 4.78 is 10.7. The summed E-state index contributed by atoms with van der Waals surface area (Å²) in [4.78, 5) is 29.4. The maximum Gasteiger partial charge on any atom is 0.263 e. The van der Waals surface area contributed by atoms with Gasteiger partial charge in [0.25, 0.3) is 5.91 Å². The van der Waals surface area contributed by atoms with Crippen LogP contribution < -0.4 is 14.8 Å². The molecule has 5 rings (SSSR count). The van der Waals surface area contributed by atoms with Crippen LogP contribution in [0.15, 0.2) is 24.3 Å². The van der Waals surface area contributed by atoms with Gasteiger partial charge < -0.3 is 19.7 Å². The number of nitrogens with one attached hydrogen (secondary N) is 1. The number of carbonyl (C=O) groups excluding carboxylic acids is 2. The van der Waals surface area contributed by atoms with Gasteiger partial charge in [0, 0.05) is 35.6 Å². The lowest BCUT2D eigenvalue weighted by molar-refractivity contribution is -0.120. The van der Waals surface area contributed by atoms with Gasteiger partial charge in [-0.05, 0) is 55.9 Å². The Morgan fingerprint density at radius 3 is 2.79 bits per heavy atom. The molecule has 0 spiro atoms. The number of carbonyl (C=O) groups is 2. The van der Waals surface area contributed by atoms with Crippen molar-refractivity contribution in [3.63, 3.8) is 0 Å². The Morgan fingerprint density at radius 2 is 1.93 bits per heavy atom. The van der Waals surface area contributed by atoms with Crippen LogP contribution in [0, 0.1) is 5.92 Å². The Morgan fingerprint density at radius 1 is 1.11 bits per heavy atom. The highest BCUT2D eigenvalue weighted by molar-refractivity contribution is 7.14. The number of rotatable bonds is 3. The van der Waals surface area contributed by atoms with E-state index in [0.29, 0.717) is 17.9 Å². The summed E-state index contributed by atoms with van der Waals surface area (Å²) in [6.07, 6.45) is 4.54. The van der Waals surface area contributed by atoms with E-state index >= 15 is 0 Å². The Bertz CT molecular complexity index is 932. The molecule has 1 aromatic carbocycles. The van der Waals surface area contributed by atoms with E-state index in [4.69, 9.17) is 9.47 Å². The molecular weight excluding hydrogens is 376 g/mol. The van der Waals surface area contributed by atoms with Crippen molar-refractivity contribution in [1.29, 1.82) is 0 Å². The maximum absolute atomic E-state index is 12.8. The number of fused-ring (bicyclic) bond motifs is 2. The summed E-state index contributed by atoms with van der Waals surface area (Å²) in [7, 11) is 0. The first-order chi connectivity index (χ1) is 13.7. The number of benzene rings is 1. The van der Waals surface area contributed by atoms with Gasteiger partial charge in [0.05, 0.1) is 4.88 Å². The largest absolute Gasteiger partial charge is 0.454 e. The number of hydrogen-bond acceptors (Lipinski definition) is 5. The zero-order chi connectivity index (χ0) is 19.1. The number of hydrogen-bond donors (Lipinski definition) is 1. The number of ether oxygens (including phenoxy) is 2. The molecule has 0 bridgehead atoms. The lowest BCUT2D eigenvalue weighted by atomic mass is 9.87. The van der Waals surface area contributed by atoms with E-state index in [1.165, 1.54) is 4.88 Å². The second kappa shape index (κ2) is 7.13. The number of thiophene rings is 1. The Hall–Kier alpha value is -2.54. The van der Waals surface area contributed by atoms with Crippen LogP contribution in [0.25, 0.3) is 0 Å². The minimum absolute atomic E-state index is 0.0168. The minimum Gasteiger partial charge on any atom is -0.454 e. The second-order valence-corrected chi connectivity index (χ2v) is 8.69. The fourth-order valence-corrected chi connectivity index (χ4v) is 5.32. The van der Waals surface area contributed by atoms with Crippen molar-refractivity contribution < 1.29 is 19.1 Å². The molecule has 1 fully saturated rings. The molecule has 6 nitrogen and oxygen atoms in total. The molecule has 1 N–H and O–H groups in total. The smallest absolute Gasteiger partial charge is 0.263 e. The Balaban J connectivity index is 1.26. The molecule has 28 heavy (non-hydrogen) atoms. The molecule has 3 aliphatic rings. The molecule has 146 valence electrons. The molecule has 2 amide bonds. The van der Waals surface area contributed by atoms with E-state index < -0.39 is 0 Å². The molecule has 1 aromatic heterocycles. The lowest BCUT2D eigenvalue weighted by Gasteiger charge is -2.21. The lowest BCUT2D eigenvalue weighted by Crippen LogP contribution is -2.27. The zero-order valence-corrected chi connectivity index (χ0v) is 16.3. The van der Waals surface area contributed by atoms with E-state index in [9.17, 15) is 9.59 Å². The SMILES string of the molecule is O=C(Nc1ccc2c(c1)OCO2)[C@H]1CCc2sc(C(=O)N3CCCC3)cc2C1. The molecule has 1 aliphatic carbocycles. The Labute approximate surface area is 167 Å². The fraction of sp³-hybridized carbons (Fsp3) is 0.429. The van der Waals surface area contributed by atoms with Crippen LogP contribution in [-0.4, -0.2) is 36.6 Å². The predicted octanol–water partition coefficient (Wildman–Crippen LogP) is 3.46. The summed E-state index contributed by atoms with van der Waals surface area (Å²) in [6, 6.07) is 7.45. The molecule has 3 heterocycles. The van der Waals surface area contributed by atoms with Crippen LogP contribution in [0.5, 0.6) is 11.5 Å². The summed E-state index contributed by atoms with van der Waals surface area (Å²) in [6.45, 7) is 1.94. The van der Waals surface area contributed by atoms with E-state index in [1.54, 1.807) is 17.4 Å². The van der Waals surface area contributed by atoms with Gasteiger partial charge in [-0.25, -0.2) is 0 Å². The van der Waals surface area contributed by atoms with Gasteiger partial charge in [0.2, 0.25) is 12.7 Å². The summed E-state index contributed by atoms with van der Waals surface area (Å²) in [5, 5.41) is 3.00. The molecule has 1 saturated heterocycles. The topological polar surface area (TPSA) is 67.9 Å². The number of nitrogens with zero attached hydrogens (tertiary/aromatic N) is 1. The first-order valence-corrected chi connectivity index (χ1v) is 10.6. The van der Waals surface area contributed by atoms with Crippen molar-refractivity contribution in [2.45, 2.75) is 32.1 Å². The first kappa shape index (κ1) is 17.6. The molecular formula is C21H22N2O4S. The van der Waals surface area contributed by atoms with Gasteiger partial charge in [0.15, 0.2) is 11.5 Å². The monoisotopic (exact) mass is 398 g/mol. The van der Waals surface area contributed by atoms with Crippen LogP contribution in [0.2, 0.25) is 0 Å². The molecule has 2 aromatic rings. The number of aryl methyl sites for hydroxylation is 1. The highest BCUT2D eigenvalue weighted by atomic mass is 32.1. The van der Waals surface area contributed by atoms with Gasteiger partial charge in [-0.3, -0.25) is 9.59 Å². The van der Waals surface area contributed by atoms with E-state index in [-0.39, 0.29) is 24.5 Å². The first-order valence-electron chi connectivity index (χ1n) is 9.79. The Kier molecular flexibility index (Phi) is 4.47. The van der Waals surface area contributed by atoms with Crippen LogP contribution >= 0.6 is 11.3 Å². The summed E-state index contributed by atoms with van der Waals surface area (Å²) in [5.41, 5.74) is 1.87. The highest BCUT2D eigenvalue weighted by Gasteiger charge is 2.29. The summed E-state index contributed by atoms with van der Waals surface area (Å²) in [5.74, 6) is 1.45. The average Bonchev–Trinajstić information content (AvgIpc) is 3.46. The van der Waals surface area contributed by atoms with Crippen molar-refractivity contribution >= 4 is 28.8 Å². The van der Waals surface area contributed by atoms with Crippen molar-refractivity contribution in [3.05, 3.63) is 39.6 Å². The minimum atomic E-state index is -0.0812. The van der Waals surface area contributed by atoms with Crippen molar-refractivity contribution in [2.75, 3.05) is 25.2 Å². The second-order valence-electron chi connectivity index (χ2n) is 7.56. The van der Waals surface area contributed by atoms with Gasteiger partial charge in [-0.1, -0.05) is 0 Å². The third-order valence-corrected chi connectivity index (χ3v) is 6.92. The number of likely N-dealkylation sites (tertiary alicyclic amines) is 1. The standard InChI is InChI=1S/C21H22N2O4S/c24-20(22-15-4-5-16-17(11-15)27-12-26-16)13-3-6-18-14(9-13)10-19(28-18)21(25)23-7-1-2-8-23/h4-5,10-11,13H,1-3,6-9,12H2,(H,22,24)/t13-/m0/s1. The van der Waals surface area contributed by atoms with E-state index in [0.717, 1.165) is 54.9 Å². The molecule has 1 atom stereocenters.